The third-order valence-electron chi connectivity index (χ3n) is 2.61. The maximum Gasteiger partial charge on any atom is 0.269 e. The van der Waals surface area contributed by atoms with Crippen molar-refractivity contribution in [3.8, 4) is 0 Å². The Hall–Kier alpha value is -2.20. The van der Waals surface area contributed by atoms with Gasteiger partial charge in [0.1, 0.15) is 5.69 Å². The van der Waals surface area contributed by atoms with Crippen molar-refractivity contribution in [2.75, 3.05) is 6.54 Å². The van der Waals surface area contributed by atoms with E-state index in [4.69, 9.17) is 5.73 Å². The van der Waals surface area contributed by atoms with Crippen LogP contribution in [0.25, 0.3) is 0 Å². The number of carbonyl (C=O) groups is 1. The first-order chi connectivity index (χ1) is 8.77. The van der Waals surface area contributed by atoms with Crippen LogP contribution in [0.3, 0.4) is 0 Å². The van der Waals surface area contributed by atoms with Crippen LogP contribution in [0.5, 0.6) is 0 Å². The molecule has 0 bridgehead atoms. The molecular formula is C14H15N3O. The average Bonchev–Trinajstić information content (AvgIpc) is 2.46. The van der Waals surface area contributed by atoms with E-state index >= 15 is 0 Å². The van der Waals surface area contributed by atoms with Crippen molar-refractivity contribution < 1.29 is 4.79 Å². The van der Waals surface area contributed by atoms with Crippen LogP contribution in [0.15, 0.2) is 54.7 Å². The van der Waals surface area contributed by atoms with Gasteiger partial charge in [-0.05, 0) is 17.7 Å². The zero-order chi connectivity index (χ0) is 12.8. The van der Waals surface area contributed by atoms with Crippen molar-refractivity contribution in [1.82, 2.24) is 10.3 Å². The van der Waals surface area contributed by atoms with Crippen LogP contribution in [-0.4, -0.2) is 17.4 Å². The molecule has 4 heteroatoms. The molecule has 0 saturated carbocycles. The van der Waals surface area contributed by atoms with Crippen molar-refractivity contribution in [2.24, 2.45) is 5.73 Å². The number of nitrogens with two attached hydrogens (primary N) is 1. The van der Waals surface area contributed by atoms with Crippen LogP contribution in [0.1, 0.15) is 22.1 Å². The van der Waals surface area contributed by atoms with E-state index in [0.717, 1.165) is 5.56 Å². The first-order valence-corrected chi connectivity index (χ1v) is 5.77. The molecule has 0 saturated heterocycles. The highest BCUT2D eigenvalue weighted by Crippen LogP contribution is 2.08. The van der Waals surface area contributed by atoms with E-state index in [2.05, 4.69) is 10.3 Å². The van der Waals surface area contributed by atoms with Crippen LogP contribution in [0, 0.1) is 0 Å². The fourth-order valence-electron chi connectivity index (χ4n) is 1.61. The number of nitrogens with zero attached hydrogens (tertiary/aromatic N) is 1. The Morgan fingerprint density at radius 1 is 1.17 bits per heavy atom. The number of amides is 1. The van der Waals surface area contributed by atoms with E-state index in [0.29, 0.717) is 12.2 Å². The van der Waals surface area contributed by atoms with E-state index in [1.807, 2.05) is 30.3 Å². The zero-order valence-electron chi connectivity index (χ0n) is 9.91. The number of aromatic nitrogens is 1. The molecule has 2 rings (SSSR count). The molecule has 1 aromatic carbocycles. The maximum atomic E-state index is 11.8. The molecule has 4 nitrogen and oxygen atoms in total. The van der Waals surface area contributed by atoms with Crippen molar-refractivity contribution in [1.29, 1.82) is 0 Å². The van der Waals surface area contributed by atoms with E-state index < -0.39 is 0 Å². The molecule has 1 amide bonds. The molecule has 1 unspecified atom stereocenters. The van der Waals surface area contributed by atoms with Gasteiger partial charge >= 0.3 is 0 Å². The lowest BCUT2D eigenvalue weighted by Gasteiger charge is -2.12. The van der Waals surface area contributed by atoms with E-state index in [-0.39, 0.29) is 11.9 Å². The number of hydrogen-bond acceptors (Lipinski definition) is 3. The van der Waals surface area contributed by atoms with Gasteiger partial charge in [-0.1, -0.05) is 36.4 Å². The predicted octanol–water partition coefficient (Wildman–Crippen LogP) is 1.51. The van der Waals surface area contributed by atoms with Crippen molar-refractivity contribution in [3.63, 3.8) is 0 Å². The Morgan fingerprint density at radius 3 is 2.56 bits per heavy atom. The molecule has 2 aromatic rings. The number of benzene rings is 1. The highest BCUT2D eigenvalue weighted by molar-refractivity contribution is 5.92. The molecule has 0 aliphatic rings. The number of carbonyl (C=O) groups excluding carboxylic acids is 1. The molecule has 0 radical (unpaired) electrons. The highest BCUT2D eigenvalue weighted by atomic mass is 16.1. The summed E-state index contributed by atoms with van der Waals surface area (Å²) in [5, 5.41) is 2.77. The molecular weight excluding hydrogens is 226 g/mol. The Kier molecular flexibility index (Phi) is 4.04. The zero-order valence-corrected chi connectivity index (χ0v) is 9.91. The Morgan fingerprint density at radius 2 is 1.89 bits per heavy atom. The van der Waals surface area contributed by atoms with Crippen molar-refractivity contribution in [3.05, 3.63) is 66.0 Å². The van der Waals surface area contributed by atoms with Crippen LogP contribution in [0.4, 0.5) is 0 Å². The molecule has 0 aliphatic carbocycles. The molecule has 18 heavy (non-hydrogen) atoms. The van der Waals surface area contributed by atoms with Crippen molar-refractivity contribution in [2.45, 2.75) is 6.04 Å². The largest absolute Gasteiger partial charge is 0.349 e. The summed E-state index contributed by atoms with van der Waals surface area (Å²) >= 11 is 0. The topological polar surface area (TPSA) is 68.0 Å². The number of nitrogens with one attached hydrogen (secondary N) is 1. The second-order valence-electron chi connectivity index (χ2n) is 3.94. The predicted molar refractivity (Wildman–Crippen MR) is 69.9 cm³/mol. The molecule has 0 aliphatic heterocycles. The second-order valence-corrected chi connectivity index (χ2v) is 3.94. The van der Waals surface area contributed by atoms with Gasteiger partial charge in [0.05, 0.1) is 0 Å². The Balaban J connectivity index is 1.91. The summed E-state index contributed by atoms with van der Waals surface area (Å²) in [6.07, 6.45) is 1.59. The SMILES string of the molecule is NC(CNC(=O)c1ccccn1)c1ccccc1. The van der Waals surface area contributed by atoms with E-state index in [1.54, 1.807) is 24.4 Å². The summed E-state index contributed by atoms with van der Waals surface area (Å²) < 4.78 is 0. The van der Waals surface area contributed by atoms with Crippen LogP contribution in [0.2, 0.25) is 0 Å². The molecule has 1 heterocycles. The van der Waals surface area contributed by atoms with Gasteiger partial charge in [-0.3, -0.25) is 9.78 Å². The van der Waals surface area contributed by atoms with Crippen LogP contribution >= 0.6 is 0 Å². The summed E-state index contributed by atoms with van der Waals surface area (Å²) in [5.41, 5.74) is 7.39. The fourth-order valence-corrected chi connectivity index (χ4v) is 1.61. The lowest BCUT2D eigenvalue weighted by atomic mass is 10.1. The molecule has 3 N–H and O–H groups in total. The Bertz CT molecular complexity index is 499. The van der Waals surface area contributed by atoms with Gasteiger partial charge in [-0.2, -0.15) is 0 Å². The van der Waals surface area contributed by atoms with Crippen molar-refractivity contribution >= 4 is 5.91 Å². The first-order valence-electron chi connectivity index (χ1n) is 5.77. The molecule has 1 atom stereocenters. The normalized spacial score (nSPS) is 11.8. The van der Waals surface area contributed by atoms with Gasteiger partial charge in [-0.15, -0.1) is 0 Å². The maximum absolute atomic E-state index is 11.8. The summed E-state index contributed by atoms with van der Waals surface area (Å²) in [6.45, 7) is 0.388. The third-order valence-corrected chi connectivity index (χ3v) is 2.61. The van der Waals surface area contributed by atoms with E-state index in [1.165, 1.54) is 0 Å². The number of pyridine rings is 1. The monoisotopic (exact) mass is 241 g/mol. The van der Waals surface area contributed by atoms with Crippen LogP contribution in [-0.2, 0) is 0 Å². The highest BCUT2D eigenvalue weighted by Gasteiger charge is 2.09. The van der Waals surface area contributed by atoms with Gasteiger partial charge in [0.15, 0.2) is 0 Å². The Labute approximate surface area is 106 Å². The molecule has 0 spiro atoms. The molecule has 1 aromatic heterocycles. The minimum absolute atomic E-state index is 0.206. The quantitative estimate of drug-likeness (QED) is 0.852. The van der Waals surface area contributed by atoms with Gasteiger partial charge in [-0.25, -0.2) is 0 Å². The lowest BCUT2D eigenvalue weighted by molar-refractivity contribution is 0.0946. The summed E-state index contributed by atoms with van der Waals surface area (Å²) in [5.74, 6) is -0.206. The standard InChI is InChI=1S/C14H15N3O/c15-12(11-6-2-1-3-7-11)10-17-14(18)13-8-4-5-9-16-13/h1-9,12H,10,15H2,(H,17,18). The molecule has 92 valence electrons. The smallest absolute Gasteiger partial charge is 0.269 e. The minimum Gasteiger partial charge on any atom is -0.349 e. The lowest BCUT2D eigenvalue weighted by Crippen LogP contribution is -2.32. The molecule has 0 fully saturated rings. The average molecular weight is 241 g/mol. The number of hydrogen-bond donors (Lipinski definition) is 2. The van der Waals surface area contributed by atoms with Gasteiger partial charge in [0.2, 0.25) is 0 Å². The third kappa shape index (κ3) is 3.15. The van der Waals surface area contributed by atoms with Gasteiger partial charge in [0, 0.05) is 18.8 Å². The van der Waals surface area contributed by atoms with Gasteiger partial charge < -0.3 is 11.1 Å². The minimum atomic E-state index is -0.209. The van der Waals surface area contributed by atoms with E-state index in [9.17, 15) is 4.79 Å². The van der Waals surface area contributed by atoms with Crippen LogP contribution < -0.4 is 11.1 Å². The first kappa shape index (κ1) is 12.3. The fraction of sp³-hybridized carbons (Fsp3) is 0.143. The second kappa shape index (κ2) is 5.93. The summed E-state index contributed by atoms with van der Waals surface area (Å²) in [7, 11) is 0. The summed E-state index contributed by atoms with van der Waals surface area (Å²) in [4.78, 5) is 15.7. The summed E-state index contributed by atoms with van der Waals surface area (Å²) in [6, 6.07) is 14.7. The number of rotatable bonds is 4. The van der Waals surface area contributed by atoms with Gasteiger partial charge in [0.25, 0.3) is 5.91 Å².